The van der Waals surface area contributed by atoms with Crippen molar-refractivity contribution in [2.45, 2.75) is 20.3 Å². The lowest BCUT2D eigenvalue weighted by molar-refractivity contribution is 0.0987. The molecule has 22 heavy (non-hydrogen) atoms. The molecule has 2 aromatic rings. The minimum atomic E-state index is 0.0888. The minimum Gasteiger partial charge on any atom is -0.373 e. The van der Waals surface area contributed by atoms with E-state index in [2.05, 4.69) is 31.9 Å². The molecular weight excluding hydrogens is 272 g/mol. The highest BCUT2D eigenvalue weighted by Gasteiger charge is 2.24. The van der Waals surface area contributed by atoms with Gasteiger partial charge in [0.1, 0.15) is 0 Å². The van der Waals surface area contributed by atoms with Gasteiger partial charge in [-0.3, -0.25) is 4.79 Å². The van der Waals surface area contributed by atoms with E-state index in [1.54, 1.807) is 0 Å². The van der Waals surface area contributed by atoms with E-state index >= 15 is 0 Å². The van der Waals surface area contributed by atoms with Crippen LogP contribution in [0.2, 0.25) is 0 Å². The van der Waals surface area contributed by atoms with E-state index in [9.17, 15) is 4.79 Å². The number of amides is 1. The summed E-state index contributed by atoms with van der Waals surface area (Å²) in [5, 5.41) is 0. The van der Waals surface area contributed by atoms with Crippen molar-refractivity contribution in [1.29, 1.82) is 0 Å². The summed E-state index contributed by atoms with van der Waals surface area (Å²) in [6.07, 6.45) is 0.974. The second-order valence-electron chi connectivity index (χ2n) is 6.02. The van der Waals surface area contributed by atoms with Crippen LogP contribution in [0.25, 0.3) is 0 Å². The molecule has 1 heterocycles. The molecule has 0 unspecified atom stereocenters. The van der Waals surface area contributed by atoms with E-state index in [0.29, 0.717) is 0 Å². The number of aryl methyl sites for hydroxylation is 2. The molecule has 0 atom stereocenters. The maximum atomic E-state index is 13.0. The molecule has 0 aliphatic carbocycles. The molecule has 0 saturated heterocycles. The van der Waals surface area contributed by atoms with Gasteiger partial charge in [-0.05, 0) is 55.7 Å². The van der Waals surface area contributed by atoms with Crippen LogP contribution in [0.1, 0.15) is 27.9 Å². The Hall–Kier alpha value is -2.29. The molecule has 1 aliphatic rings. The van der Waals surface area contributed by atoms with Crippen molar-refractivity contribution in [3.63, 3.8) is 0 Å². The number of anilines is 2. The van der Waals surface area contributed by atoms with Crippen LogP contribution in [0.5, 0.6) is 0 Å². The van der Waals surface area contributed by atoms with Gasteiger partial charge in [0.25, 0.3) is 5.91 Å². The first kappa shape index (κ1) is 14.6. The third kappa shape index (κ3) is 2.59. The van der Waals surface area contributed by atoms with Crippen LogP contribution in [0.4, 0.5) is 11.4 Å². The van der Waals surface area contributed by atoms with E-state index in [1.807, 2.05) is 41.3 Å². The summed E-state index contributed by atoms with van der Waals surface area (Å²) in [6, 6.07) is 14.1. The molecule has 0 spiro atoms. The second kappa shape index (κ2) is 5.84. The van der Waals surface area contributed by atoms with E-state index in [0.717, 1.165) is 42.0 Å². The maximum Gasteiger partial charge on any atom is 0.258 e. The lowest BCUT2D eigenvalue weighted by atomic mass is 10.1. The quantitative estimate of drug-likeness (QED) is 0.799. The summed E-state index contributed by atoms with van der Waals surface area (Å²) in [6.45, 7) is 5.84. The average molecular weight is 294 g/mol. The molecule has 0 radical (unpaired) electrons. The van der Waals surface area contributed by atoms with Crippen molar-refractivity contribution >= 4 is 17.3 Å². The van der Waals surface area contributed by atoms with Crippen LogP contribution in [0.3, 0.4) is 0 Å². The van der Waals surface area contributed by atoms with Crippen molar-refractivity contribution in [2.24, 2.45) is 0 Å². The molecule has 0 aromatic heterocycles. The zero-order valence-electron chi connectivity index (χ0n) is 13.5. The Morgan fingerprint density at radius 3 is 2.41 bits per heavy atom. The molecule has 0 saturated carbocycles. The second-order valence-corrected chi connectivity index (χ2v) is 6.02. The summed E-state index contributed by atoms with van der Waals surface area (Å²) in [4.78, 5) is 17.1. The maximum absolute atomic E-state index is 13.0. The highest BCUT2D eigenvalue weighted by molar-refractivity contribution is 6.08. The lowest BCUT2D eigenvalue weighted by Gasteiger charge is -2.24. The standard InChI is InChI=1S/C19H22N2O/c1-14-9-10-16(13-15(14)2)19(22)21-12-6-11-20(3)17-7-4-5-8-18(17)21/h4-5,7-10,13H,6,11-12H2,1-3H3. The molecule has 3 heteroatoms. The van der Waals surface area contributed by atoms with Crippen molar-refractivity contribution in [1.82, 2.24) is 0 Å². The van der Waals surface area contributed by atoms with Crippen LogP contribution in [-0.4, -0.2) is 26.0 Å². The normalized spacial score (nSPS) is 14.5. The first-order valence-corrected chi connectivity index (χ1v) is 7.77. The van der Waals surface area contributed by atoms with Crippen LogP contribution >= 0.6 is 0 Å². The van der Waals surface area contributed by atoms with Crippen LogP contribution < -0.4 is 9.80 Å². The Kier molecular flexibility index (Phi) is 3.88. The summed E-state index contributed by atoms with van der Waals surface area (Å²) >= 11 is 0. The first-order chi connectivity index (χ1) is 10.6. The third-order valence-electron chi connectivity index (χ3n) is 4.46. The van der Waals surface area contributed by atoms with Crippen LogP contribution in [0, 0.1) is 13.8 Å². The summed E-state index contributed by atoms with van der Waals surface area (Å²) in [5.74, 6) is 0.0888. The summed E-state index contributed by atoms with van der Waals surface area (Å²) < 4.78 is 0. The fourth-order valence-electron chi connectivity index (χ4n) is 2.96. The largest absolute Gasteiger partial charge is 0.373 e. The van der Waals surface area contributed by atoms with Crippen LogP contribution in [0.15, 0.2) is 42.5 Å². The highest BCUT2D eigenvalue weighted by atomic mass is 16.2. The Morgan fingerprint density at radius 2 is 1.68 bits per heavy atom. The number of rotatable bonds is 1. The van der Waals surface area contributed by atoms with Gasteiger partial charge in [0.05, 0.1) is 11.4 Å². The molecule has 1 amide bonds. The molecule has 3 rings (SSSR count). The van der Waals surface area contributed by atoms with Crippen molar-refractivity contribution in [2.75, 3.05) is 29.9 Å². The van der Waals surface area contributed by atoms with Gasteiger partial charge in [-0.25, -0.2) is 0 Å². The first-order valence-electron chi connectivity index (χ1n) is 7.77. The zero-order valence-corrected chi connectivity index (χ0v) is 13.5. The predicted octanol–water partition coefficient (Wildman–Crippen LogP) is 3.79. The Labute approximate surface area is 132 Å². The lowest BCUT2D eigenvalue weighted by Crippen LogP contribution is -2.31. The van der Waals surface area contributed by atoms with Gasteiger partial charge >= 0.3 is 0 Å². The highest BCUT2D eigenvalue weighted by Crippen LogP contribution is 2.32. The predicted molar refractivity (Wildman–Crippen MR) is 91.9 cm³/mol. The number of para-hydroxylation sites is 2. The van der Waals surface area contributed by atoms with Gasteiger partial charge in [-0.15, -0.1) is 0 Å². The average Bonchev–Trinajstić information content (AvgIpc) is 2.69. The van der Waals surface area contributed by atoms with Gasteiger partial charge in [0.2, 0.25) is 0 Å². The summed E-state index contributed by atoms with van der Waals surface area (Å²) in [7, 11) is 2.09. The number of hydrogen-bond donors (Lipinski definition) is 0. The Balaban J connectivity index is 2.01. The van der Waals surface area contributed by atoms with Crippen molar-refractivity contribution in [3.8, 4) is 0 Å². The number of carbonyl (C=O) groups excluding carboxylic acids is 1. The Bertz CT molecular complexity index is 708. The number of carbonyl (C=O) groups is 1. The van der Waals surface area contributed by atoms with Gasteiger partial charge in [-0.2, -0.15) is 0 Å². The van der Waals surface area contributed by atoms with Gasteiger partial charge in [0, 0.05) is 25.7 Å². The van der Waals surface area contributed by atoms with E-state index in [1.165, 1.54) is 5.56 Å². The molecule has 0 bridgehead atoms. The molecule has 0 N–H and O–H groups in total. The fraction of sp³-hybridized carbons (Fsp3) is 0.316. The number of hydrogen-bond acceptors (Lipinski definition) is 2. The monoisotopic (exact) mass is 294 g/mol. The number of fused-ring (bicyclic) bond motifs is 1. The minimum absolute atomic E-state index is 0.0888. The molecule has 114 valence electrons. The van der Waals surface area contributed by atoms with Gasteiger partial charge in [-0.1, -0.05) is 18.2 Å². The van der Waals surface area contributed by atoms with Crippen molar-refractivity contribution in [3.05, 3.63) is 59.2 Å². The molecule has 2 aromatic carbocycles. The van der Waals surface area contributed by atoms with Gasteiger partial charge < -0.3 is 9.80 Å². The third-order valence-corrected chi connectivity index (χ3v) is 4.46. The fourth-order valence-corrected chi connectivity index (χ4v) is 2.96. The van der Waals surface area contributed by atoms with Crippen molar-refractivity contribution < 1.29 is 4.79 Å². The SMILES string of the molecule is Cc1ccc(C(=O)N2CCCN(C)c3ccccc32)cc1C. The molecule has 0 fully saturated rings. The summed E-state index contributed by atoms with van der Waals surface area (Å²) in [5.41, 5.74) is 5.27. The van der Waals surface area contributed by atoms with E-state index in [4.69, 9.17) is 0 Å². The molecule has 1 aliphatic heterocycles. The number of benzene rings is 2. The number of nitrogens with zero attached hydrogens (tertiary/aromatic N) is 2. The van der Waals surface area contributed by atoms with E-state index < -0.39 is 0 Å². The van der Waals surface area contributed by atoms with E-state index in [-0.39, 0.29) is 5.91 Å². The Morgan fingerprint density at radius 1 is 0.955 bits per heavy atom. The topological polar surface area (TPSA) is 23.6 Å². The molecule has 3 nitrogen and oxygen atoms in total. The van der Waals surface area contributed by atoms with Crippen LogP contribution in [-0.2, 0) is 0 Å². The molecular formula is C19H22N2O. The van der Waals surface area contributed by atoms with Gasteiger partial charge in [0.15, 0.2) is 0 Å². The zero-order chi connectivity index (χ0) is 15.7. The smallest absolute Gasteiger partial charge is 0.258 e.